The van der Waals surface area contributed by atoms with Crippen molar-refractivity contribution in [3.63, 3.8) is 0 Å². The van der Waals surface area contributed by atoms with Crippen molar-refractivity contribution >= 4 is 34.1 Å². The molecule has 5 aliphatic carbocycles. The van der Waals surface area contributed by atoms with E-state index in [9.17, 15) is 0 Å². The normalized spacial score (nSPS) is 13.2. The molecule has 0 atom stereocenters. The Morgan fingerprint density at radius 3 is 1.29 bits per heavy atom. The summed E-state index contributed by atoms with van der Waals surface area (Å²) in [6.07, 6.45) is 3.56. The van der Waals surface area contributed by atoms with Crippen LogP contribution in [0.25, 0.3) is 44.5 Å². The Hall–Kier alpha value is -8.20. The molecule has 0 saturated heterocycles. The molecule has 0 aliphatic heterocycles. The lowest BCUT2D eigenvalue weighted by Crippen LogP contribution is -2.18. The molecule has 0 heterocycles. The van der Waals surface area contributed by atoms with E-state index in [1.165, 1.54) is 106 Å². The zero-order valence-electron chi connectivity index (χ0n) is 39.3. The average Bonchev–Trinajstić information content (AvgIpc) is 3.64. The molecule has 2 nitrogen and oxygen atoms in total. The summed E-state index contributed by atoms with van der Waals surface area (Å²) in [6.45, 7) is 4.82. The number of nitrogens with zero attached hydrogens (tertiary/aromatic N) is 2. The summed E-state index contributed by atoms with van der Waals surface area (Å²) in [4.78, 5) is 5.08. The molecule has 69 heavy (non-hydrogen) atoms. The van der Waals surface area contributed by atoms with Crippen LogP contribution in [0.1, 0.15) is 47.2 Å². The Morgan fingerprint density at radius 1 is 0.319 bits per heavy atom. The van der Waals surface area contributed by atoms with E-state index in [1.54, 1.807) is 0 Å². The first-order chi connectivity index (χ1) is 34.0. The van der Waals surface area contributed by atoms with Gasteiger partial charge in [-0.3, -0.25) is 0 Å². The fourth-order valence-electron chi connectivity index (χ4n) is 11.2. The van der Waals surface area contributed by atoms with E-state index in [4.69, 9.17) is 0 Å². The third kappa shape index (κ3) is 7.73. The van der Waals surface area contributed by atoms with Gasteiger partial charge in [0.05, 0.1) is 5.69 Å². The van der Waals surface area contributed by atoms with Crippen LogP contribution in [0, 0.1) is 0 Å². The van der Waals surface area contributed by atoms with Gasteiger partial charge in [-0.1, -0.05) is 208 Å². The summed E-state index contributed by atoms with van der Waals surface area (Å²) in [5.74, 6) is 0. The standard InChI is InChI=1S/C67H54N2/c1-67(2)61-33-19-30-57(49-20-8-3-9-21-49)65(61)60-43-42-56(46-62(60)67)69(66-58(50-22-10-4-11-23-50)31-18-32-59(66)51-24-12-5-13-25-51)64-45-48-35-39-52-38-34-47(36-40-53(64)41-37-48)44-63(52)68(54-26-14-6-15-27-54)55-28-16-7-17-29-55/h3-34,37-38,41-46H,35-36,39-40H2,1-2H3. The molecule has 0 saturated carbocycles. The molecule has 10 aromatic carbocycles. The number of benzene rings is 10. The smallest absolute Gasteiger partial charge is 0.0618 e. The van der Waals surface area contributed by atoms with E-state index in [0.29, 0.717) is 0 Å². The summed E-state index contributed by atoms with van der Waals surface area (Å²) in [6, 6.07) is 90.2. The molecule has 4 bridgehead atoms. The molecule has 0 N–H and O–H groups in total. The molecule has 0 aromatic heterocycles. The summed E-state index contributed by atoms with van der Waals surface area (Å²) in [7, 11) is 0. The van der Waals surface area contributed by atoms with Gasteiger partial charge < -0.3 is 9.80 Å². The maximum absolute atomic E-state index is 2.63. The average molecular weight is 887 g/mol. The highest BCUT2D eigenvalue weighted by Gasteiger charge is 2.38. The monoisotopic (exact) mass is 886 g/mol. The van der Waals surface area contributed by atoms with Gasteiger partial charge in [-0.15, -0.1) is 0 Å². The van der Waals surface area contributed by atoms with Crippen LogP contribution in [0.15, 0.2) is 243 Å². The van der Waals surface area contributed by atoms with Crippen LogP contribution in [0.3, 0.4) is 0 Å². The molecule has 0 unspecified atom stereocenters. The van der Waals surface area contributed by atoms with Gasteiger partial charge in [0.1, 0.15) is 0 Å². The quantitative estimate of drug-likeness (QED) is 0.142. The largest absolute Gasteiger partial charge is 0.310 e. The Morgan fingerprint density at radius 2 is 0.768 bits per heavy atom. The lowest BCUT2D eigenvalue weighted by molar-refractivity contribution is 0.660. The number of aryl methyl sites for hydroxylation is 4. The highest BCUT2D eigenvalue weighted by Crippen LogP contribution is 2.55. The van der Waals surface area contributed by atoms with Gasteiger partial charge in [0.2, 0.25) is 0 Å². The van der Waals surface area contributed by atoms with Crippen molar-refractivity contribution in [3.8, 4) is 44.5 Å². The Bertz CT molecular complexity index is 3350. The first kappa shape index (κ1) is 42.2. The summed E-state index contributed by atoms with van der Waals surface area (Å²) < 4.78 is 0. The van der Waals surface area contributed by atoms with Gasteiger partial charge in [-0.05, 0) is 141 Å². The van der Waals surface area contributed by atoms with Gasteiger partial charge in [-0.2, -0.15) is 0 Å². The van der Waals surface area contributed by atoms with E-state index < -0.39 is 0 Å². The third-order valence-electron chi connectivity index (χ3n) is 14.6. The van der Waals surface area contributed by atoms with Crippen LogP contribution >= 0.6 is 0 Å². The van der Waals surface area contributed by atoms with E-state index in [0.717, 1.165) is 31.4 Å². The summed E-state index contributed by atoms with van der Waals surface area (Å²) >= 11 is 0. The molecule has 0 spiro atoms. The number of fused-ring (bicyclic) bond motifs is 3. The summed E-state index contributed by atoms with van der Waals surface area (Å²) in [5, 5.41) is 0. The predicted octanol–water partition coefficient (Wildman–Crippen LogP) is 17.8. The third-order valence-corrected chi connectivity index (χ3v) is 14.6. The van der Waals surface area contributed by atoms with Crippen molar-refractivity contribution in [2.24, 2.45) is 0 Å². The van der Waals surface area contributed by atoms with Crippen LogP contribution in [0.4, 0.5) is 34.1 Å². The Labute approximate surface area is 407 Å². The van der Waals surface area contributed by atoms with Gasteiger partial charge in [-0.25, -0.2) is 0 Å². The Kier molecular flexibility index (Phi) is 10.9. The second-order valence-corrected chi connectivity index (χ2v) is 19.2. The van der Waals surface area contributed by atoms with Crippen molar-refractivity contribution in [3.05, 3.63) is 276 Å². The van der Waals surface area contributed by atoms with Crippen molar-refractivity contribution in [1.29, 1.82) is 0 Å². The van der Waals surface area contributed by atoms with Crippen LogP contribution in [0.5, 0.6) is 0 Å². The number of anilines is 6. The molecular weight excluding hydrogens is 833 g/mol. The van der Waals surface area contributed by atoms with Gasteiger partial charge in [0.25, 0.3) is 0 Å². The zero-order valence-corrected chi connectivity index (χ0v) is 39.3. The molecule has 0 radical (unpaired) electrons. The van der Waals surface area contributed by atoms with E-state index in [-0.39, 0.29) is 5.41 Å². The molecular formula is C67H54N2. The van der Waals surface area contributed by atoms with E-state index in [2.05, 4.69) is 266 Å². The van der Waals surface area contributed by atoms with E-state index >= 15 is 0 Å². The number of para-hydroxylation sites is 3. The SMILES string of the molecule is CC1(C)c2cc(N(c3cc4ccc3CCc3ccc(c(N(c5ccccc5)c5ccccc5)c3)CC4)c3c(-c4ccccc4)cccc3-c3ccccc3)ccc2-c2c(-c3ccccc3)cccc21. The molecule has 332 valence electrons. The fourth-order valence-corrected chi connectivity index (χ4v) is 11.2. The molecule has 15 rings (SSSR count). The lowest BCUT2D eigenvalue weighted by atomic mass is 9.81. The van der Waals surface area contributed by atoms with Crippen LogP contribution in [-0.4, -0.2) is 0 Å². The van der Waals surface area contributed by atoms with Gasteiger partial charge in [0.15, 0.2) is 0 Å². The second-order valence-electron chi connectivity index (χ2n) is 19.2. The Balaban J connectivity index is 1.06. The number of rotatable bonds is 9. The minimum absolute atomic E-state index is 0.225. The van der Waals surface area contributed by atoms with Crippen molar-refractivity contribution < 1.29 is 0 Å². The molecule has 10 aromatic rings. The van der Waals surface area contributed by atoms with E-state index in [1.807, 2.05) is 0 Å². The maximum Gasteiger partial charge on any atom is 0.0618 e. The van der Waals surface area contributed by atoms with Crippen LogP contribution in [-0.2, 0) is 31.1 Å². The summed E-state index contributed by atoms with van der Waals surface area (Å²) in [5.41, 5.74) is 24.9. The number of hydrogen-bond donors (Lipinski definition) is 0. The topological polar surface area (TPSA) is 6.48 Å². The fraction of sp³-hybridized carbons (Fsp3) is 0.104. The minimum atomic E-state index is -0.225. The maximum atomic E-state index is 2.63. The molecule has 2 heteroatoms. The molecule has 0 amide bonds. The minimum Gasteiger partial charge on any atom is -0.310 e. The first-order valence-electron chi connectivity index (χ1n) is 24.5. The van der Waals surface area contributed by atoms with Crippen molar-refractivity contribution in [2.45, 2.75) is 44.9 Å². The first-order valence-corrected chi connectivity index (χ1v) is 24.5. The molecule has 0 fully saturated rings. The highest BCUT2D eigenvalue weighted by molar-refractivity contribution is 6.00. The van der Waals surface area contributed by atoms with Gasteiger partial charge in [0, 0.05) is 45.0 Å². The second kappa shape index (κ2) is 17.8. The van der Waals surface area contributed by atoms with Crippen molar-refractivity contribution in [1.82, 2.24) is 0 Å². The highest BCUT2D eigenvalue weighted by atomic mass is 15.2. The van der Waals surface area contributed by atoms with Crippen molar-refractivity contribution in [2.75, 3.05) is 9.80 Å². The number of hydrogen-bond acceptors (Lipinski definition) is 2. The molecule has 5 aliphatic rings. The predicted molar refractivity (Wildman–Crippen MR) is 291 cm³/mol. The van der Waals surface area contributed by atoms with Gasteiger partial charge >= 0.3 is 0 Å². The van der Waals surface area contributed by atoms with Crippen LogP contribution < -0.4 is 9.80 Å². The van der Waals surface area contributed by atoms with Crippen LogP contribution in [0.2, 0.25) is 0 Å². The lowest BCUT2D eigenvalue weighted by Gasteiger charge is -2.34. The zero-order chi connectivity index (χ0) is 46.3.